The van der Waals surface area contributed by atoms with Crippen LogP contribution < -0.4 is 5.73 Å². The van der Waals surface area contributed by atoms with E-state index >= 15 is 0 Å². The van der Waals surface area contributed by atoms with Crippen molar-refractivity contribution in [3.8, 4) is 0 Å². The van der Waals surface area contributed by atoms with Crippen LogP contribution in [0.5, 0.6) is 0 Å². The third-order valence-electron chi connectivity index (χ3n) is 4.11. The third kappa shape index (κ3) is 4.64. The Bertz CT molecular complexity index is 397. The first-order chi connectivity index (χ1) is 9.77. The van der Waals surface area contributed by atoms with Crippen LogP contribution in [-0.4, -0.2) is 23.9 Å². The van der Waals surface area contributed by atoms with Crippen molar-refractivity contribution in [3.05, 3.63) is 35.9 Å². The normalized spacial score (nSPS) is 18.1. The third-order valence-corrected chi connectivity index (χ3v) is 4.11. The second-order valence-corrected chi connectivity index (χ2v) is 5.70. The average molecular weight is 274 g/mol. The molecule has 3 nitrogen and oxygen atoms in total. The Morgan fingerprint density at radius 1 is 1.05 bits per heavy atom. The zero-order valence-electron chi connectivity index (χ0n) is 12.3. The molecular formula is C17H26N2O. The summed E-state index contributed by atoms with van der Waals surface area (Å²) in [6.07, 6.45) is 7.43. The number of nitrogens with two attached hydrogens (primary N) is 1. The van der Waals surface area contributed by atoms with E-state index in [2.05, 4.69) is 0 Å². The number of hydrogen-bond donors (Lipinski definition) is 1. The Balaban J connectivity index is 1.79. The molecule has 0 unspecified atom stereocenters. The molecule has 1 atom stereocenters. The summed E-state index contributed by atoms with van der Waals surface area (Å²) in [5, 5.41) is 0. The van der Waals surface area contributed by atoms with Crippen LogP contribution in [0.2, 0.25) is 0 Å². The molecule has 0 bridgehead atoms. The van der Waals surface area contributed by atoms with Gasteiger partial charge in [0.2, 0.25) is 5.91 Å². The maximum atomic E-state index is 12.3. The number of nitrogens with zero attached hydrogens (tertiary/aromatic N) is 1. The highest BCUT2D eigenvalue weighted by Gasteiger charge is 2.16. The van der Waals surface area contributed by atoms with Crippen LogP contribution in [0.25, 0.3) is 0 Å². The lowest BCUT2D eigenvalue weighted by Gasteiger charge is -2.25. The van der Waals surface area contributed by atoms with Gasteiger partial charge in [0, 0.05) is 25.6 Å². The Hall–Kier alpha value is -1.35. The number of carbonyl (C=O) groups is 1. The van der Waals surface area contributed by atoms with E-state index in [0.29, 0.717) is 6.42 Å². The zero-order chi connectivity index (χ0) is 14.2. The van der Waals surface area contributed by atoms with E-state index in [0.717, 1.165) is 37.9 Å². The van der Waals surface area contributed by atoms with Crippen LogP contribution in [0.4, 0.5) is 0 Å². The van der Waals surface area contributed by atoms with Gasteiger partial charge >= 0.3 is 0 Å². The van der Waals surface area contributed by atoms with E-state index in [1.54, 1.807) is 0 Å². The maximum absolute atomic E-state index is 12.3. The minimum Gasteiger partial charge on any atom is -0.343 e. The number of amides is 1. The van der Waals surface area contributed by atoms with Crippen LogP contribution in [-0.2, 0) is 4.79 Å². The van der Waals surface area contributed by atoms with Crippen LogP contribution in [0.1, 0.15) is 56.6 Å². The number of likely N-dealkylation sites (tertiary alicyclic amines) is 1. The Morgan fingerprint density at radius 2 is 1.65 bits per heavy atom. The van der Waals surface area contributed by atoms with E-state index in [9.17, 15) is 4.79 Å². The van der Waals surface area contributed by atoms with Crippen LogP contribution in [0.3, 0.4) is 0 Å². The van der Waals surface area contributed by atoms with Crippen molar-refractivity contribution in [1.29, 1.82) is 0 Å². The first kappa shape index (κ1) is 15.0. The van der Waals surface area contributed by atoms with E-state index < -0.39 is 0 Å². The van der Waals surface area contributed by atoms with Crippen LogP contribution in [0, 0.1) is 0 Å². The number of carbonyl (C=O) groups excluding carboxylic acids is 1. The largest absolute Gasteiger partial charge is 0.343 e. The molecule has 1 fully saturated rings. The molecule has 1 aromatic rings. The van der Waals surface area contributed by atoms with Crippen molar-refractivity contribution >= 4 is 5.91 Å². The number of benzene rings is 1. The minimum absolute atomic E-state index is 0.0325. The molecule has 1 aliphatic rings. The van der Waals surface area contributed by atoms with Crippen molar-refractivity contribution in [2.75, 3.05) is 13.1 Å². The highest BCUT2D eigenvalue weighted by atomic mass is 16.2. The van der Waals surface area contributed by atoms with Gasteiger partial charge in [0.15, 0.2) is 0 Å². The average Bonchev–Trinajstić information content (AvgIpc) is 2.45. The number of hydrogen-bond acceptors (Lipinski definition) is 2. The summed E-state index contributed by atoms with van der Waals surface area (Å²) in [7, 11) is 0. The quantitative estimate of drug-likeness (QED) is 0.916. The molecule has 0 spiro atoms. The molecule has 3 heteroatoms. The lowest BCUT2D eigenvalue weighted by atomic mass is 10.0. The second kappa shape index (κ2) is 8.05. The van der Waals surface area contributed by atoms with E-state index in [1.807, 2.05) is 35.2 Å². The Kier molecular flexibility index (Phi) is 6.06. The van der Waals surface area contributed by atoms with Gasteiger partial charge in [-0.1, -0.05) is 49.6 Å². The topological polar surface area (TPSA) is 46.3 Å². The molecule has 0 saturated carbocycles. The molecule has 0 aliphatic carbocycles. The van der Waals surface area contributed by atoms with Gasteiger partial charge in [-0.3, -0.25) is 4.79 Å². The van der Waals surface area contributed by atoms with E-state index in [-0.39, 0.29) is 11.9 Å². The Morgan fingerprint density at radius 3 is 2.30 bits per heavy atom. The highest BCUT2D eigenvalue weighted by Crippen LogP contribution is 2.17. The predicted molar refractivity (Wildman–Crippen MR) is 82.3 cm³/mol. The SMILES string of the molecule is N[C@@H](CCC(=O)N1CCCCCCC1)c1ccccc1. The summed E-state index contributed by atoms with van der Waals surface area (Å²) in [4.78, 5) is 14.3. The lowest BCUT2D eigenvalue weighted by molar-refractivity contribution is -0.131. The fourth-order valence-electron chi connectivity index (χ4n) is 2.80. The molecule has 0 aromatic heterocycles. The van der Waals surface area contributed by atoms with Crippen molar-refractivity contribution in [1.82, 2.24) is 4.90 Å². The lowest BCUT2D eigenvalue weighted by Crippen LogP contribution is -2.34. The van der Waals surface area contributed by atoms with Gasteiger partial charge < -0.3 is 10.6 Å². The summed E-state index contributed by atoms with van der Waals surface area (Å²) in [5.41, 5.74) is 7.28. The summed E-state index contributed by atoms with van der Waals surface area (Å²) in [5.74, 6) is 0.276. The van der Waals surface area contributed by atoms with E-state index in [1.165, 1.54) is 19.3 Å². The van der Waals surface area contributed by atoms with Gasteiger partial charge in [-0.25, -0.2) is 0 Å². The van der Waals surface area contributed by atoms with E-state index in [4.69, 9.17) is 5.73 Å². The fraction of sp³-hybridized carbons (Fsp3) is 0.588. The van der Waals surface area contributed by atoms with Crippen molar-refractivity contribution in [2.45, 2.75) is 51.0 Å². The molecule has 1 amide bonds. The van der Waals surface area contributed by atoms with Gasteiger partial charge in [-0.15, -0.1) is 0 Å². The molecular weight excluding hydrogens is 248 g/mol. The molecule has 1 heterocycles. The van der Waals surface area contributed by atoms with Crippen molar-refractivity contribution in [3.63, 3.8) is 0 Å². The zero-order valence-corrected chi connectivity index (χ0v) is 12.3. The highest BCUT2D eigenvalue weighted by molar-refractivity contribution is 5.76. The first-order valence-electron chi connectivity index (χ1n) is 7.85. The Labute approximate surface area is 122 Å². The fourth-order valence-corrected chi connectivity index (χ4v) is 2.80. The molecule has 1 aromatic carbocycles. The smallest absolute Gasteiger partial charge is 0.222 e. The van der Waals surface area contributed by atoms with Crippen molar-refractivity contribution < 1.29 is 4.79 Å². The van der Waals surface area contributed by atoms with Crippen molar-refractivity contribution in [2.24, 2.45) is 5.73 Å². The molecule has 110 valence electrons. The molecule has 2 rings (SSSR count). The molecule has 20 heavy (non-hydrogen) atoms. The minimum atomic E-state index is -0.0325. The first-order valence-corrected chi connectivity index (χ1v) is 7.85. The van der Waals surface area contributed by atoms with Gasteiger partial charge in [-0.05, 0) is 24.8 Å². The summed E-state index contributed by atoms with van der Waals surface area (Å²) in [6.45, 7) is 1.86. The molecule has 2 N–H and O–H groups in total. The van der Waals surface area contributed by atoms with Gasteiger partial charge in [-0.2, -0.15) is 0 Å². The standard InChI is InChI=1S/C17H26N2O/c18-16(15-9-5-4-6-10-15)11-12-17(20)19-13-7-2-1-3-8-14-19/h4-6,9-10,16H,1-3,7-8,11-14,18H2/t16-/m0/s1. The van der Waals surface area contributed by atoms with Gasteiger partial charge in [0.25, 0.3) is 0 Å². The van der Waals surface area contributed by atoms with Gasteiger partial charge in [0.05, 0.1) is 0 Å². The monoisotopic (exact) mass is 274 g/mol. The maximum Gasteiger partial charge on any atom is 0.222 e. The summed E-state index contributed by atoms with van der Waals surface area (Å²) in [6, 6.07) is 10.0. The number of rotatable bonds is 4. The molecule has 1 aliphatic heterocycles. The van der Waals surface area contributed by atoms with Crippen LogP contribution >= 0.6 is 0 Å². The summed E-state index contributed by atoms with van der Waals surface area (Å²) < 4.78 is 0. The molecule has 1 saturated heterocycles. The predicted octanol–water partition coefficient (Wildman–Crippen LogP) is 3.26. The summed E-state index contributed by atoms with van der Waals surface area (Å²) >= 11 is 0. The van der Waals surface area contributed by atoms with Gasteiger partial charge in [0.1, 0.15) is 0 Å². The van der Waals surface area contributed by atoms with Crippen LogP contribution in [0.15, 0.2) is 30.3 Å². The second-order valence-electron chi connectivity index (χ2n) is 5.70. The molecule has 0 radical (unpaired) electrons.